The molecule has 1 aliphatic carbocycles. The highest BCUT2D eigenvalue weighted by Crippen LogP contribution is 2.36. The highest BCUT2D eigenvalue weighted by Gasteiger charge is 2.28. The fourth-order valence-corrected chi connectivity index (χ4v) is 4.82. The third-order valence-corrected chi connectivity index (χ3v) is 6.78. The summed E-state index contributed by atoms with van der Waals surface area (Å²) in [5, 5.41) is 32.4. The van der Waals surface area contributed by atoms with E-state index in [0.717, 1.165) is 60.2 Å². The summed E-state index contributed by atoms with van der Waals surface area (Å²) in [7, 11) is 0. The van der Waals surface area contributed by atoms with Gasteiger partial charge in [0.1, 0.15) is 17.6 Å². The Kier molecular flexibility index (Phi) is 7.33. The van der Waals surface area contributed by atoms with Crippen LogP contribution in [0, 0.1) is 12.7 Å². The quantitative estimate of drug-likeness (QED) is 0.313. The molecule has 37 heavy (non-hydrogen) atoms. The molecule has 1 atom stereocenters. The maximum atomic E-state index is 14.4. The maximum Gasteiger partial charge on any atom is 0.250 e. The first-order valence-electron chi connectivity index (χ1n) is 12.7. The molecule has 11 heteroatoms. The first-order valence-corrected chi connectivity index (χ1v) is 12.7. The van der Waals surface area contributed by atoms with Gasteiger partial charge in [0, 0.05) is 42.2 Å². The van der Waals surface area contributed by atoms with Crippen LogP contribution in [0.3, 0.4) is 0 Å². The summed E-state index contributed by atoms with van der Waals surface area (Å²) in [6, 6.07) is 3.80. The molecular formula is C26H32FN7O3. The molecule has 0 aliphatic heterocycles. The minimum Gasteiger partial charge on any atom is -0.472 e. The molecule has 10 nitrogen and oxygen atoms in total. The summed E-state index contributed by atoms with van der Waals surface area (Å²) < 4.78 is 24.0. The van der Waals surface area contributed by atoms with E-state index in [1.807, 2.05) is 25.4 Å². The standard InChI is InChI=1S/C26H32FN7O3/c1-3-28-23-10-22-21(12-30-23)25(17-11-31-33(13-17)14-19(36)15-35)32-34(22)18-4-6-20(7-5-18)37-26-24(27)16(2)8-9-29-26/h8-13,18-20,35-36H,3-7,14-15H2,1-2H3,(H,28,30)/t18?,19-,20?/m0/s1. The summed E-state index contributed by atoms with van der Waals surface area (Å²) >= 11 is 0. The second-order valence-corrected chi connectivity index (χ2v) is 9.49. The van der Waals surface area contributed by atoms with Gasteiger partial charge in [-0.05, 0) is 51.2 Å². The predicted molar refractivity (Wildman–Crippen MR) is 137 cm³/mol. The number of ether oxygens (including phenoxy) is 1. The minimum atomic E-state index is -0.882. The van der Waals surface area contributed by atoms with E-state index < -0.39 is 11.9 Å². The molecule has 4 aromatic heterocycles. The zero-order chi connectivity index (χ0) is 25.9. The Labute approximate surface area is 214 Å². The molecule has 196 valence electrons. The Hall–Kier alpha value is -3.57. The lowest BCUT2D eigenvalue weighted by molar-refractivity contribution is 0.0783. The molecule has 5 rings (SSSR count). The van der Waals surface area contributed by atoms with Crippen molar-refractivity contribution in [2.45, 2.75) is 64.3 Å². The molecule has 0 radical (unpaired) electrons. The number of nitrogens with zero attached hydrogens (tertiary/aromatic N) is 6. The Morgan fingerprint density at radius 3 is 2.78 bits per heavy atom. The van der Waals surface area contributed by atoms with Gasteiger partial charge in [-0.15, -0.1) is 0 Å². The average Bonchev–Trinajstić information content (AvgIpc) is 3.52. The van der Waals surface area contributed by atoms with Crippen LogP contribution in [0.4, 0.5) is 10.2 Å². The lowest BCUT2D eigenvalue weighted by Gasteiger charge is -2.29. The summed E-state index contributed by atoms with van der Waals surface area (Å²) in [6.07, 6.45) is 9.12. The van der Waals surface area contributed by atoms with Crippen LogP contribution >= 0.6 is 0 Å². The lowest BCUT2D eigenvalue weighted by atomic mass is 9.93. The van der Waals surface area contributed by atoms with Gasteiger partial charge in [0.2, 0.25) is 0 Å². The van der Waals surface area contributed by atoms with E-state index in [1.54, 1.807) is 30.1 Å². The SMILES string of the molecule is CCNc1cc2c(cn1)c(-c1cnn(C[C@H](O)CO)c1)nn2C1CCC(Oc2nccc(C)c2F)CC1. The van der Waals surface area contributed by atoms with Crippen molar-refractivity contribution in [3.05, 3.63) is 48.3 Å². The zero-order valence-corrected chi connectivity index (χ0v) is 21.0. The van der Waals surface area contributed by atoms with E-state index in [0.29, 0.717) is 5.56 Å². The van der Waals surface area contributed by atoms with Crippen molar-refractivity contribution < 1.29 is 19.3 Å². The number of aromatic nitrogens is 6. The minimum absolute atomic E-state index is 0.0694. The third kappa shape index (κ3) is 5.28. The maximum absolute atomic E-state index is 14.4. The van der Waals surface area contributed by atoms with Crippen LogP contribution in [0.15, 0.2) is 36.9 Å². The van der Waals surface area contributed by atoms with Gasteiger partial charge in [0.15, 0.2) is 5.82 Å². The Bertz CT molecular complexity index is 1360. The topological polar surface area (TPSA) is 123 Å². The molecule has 0 spiro atoms. The molecule has 0 unspecified atom stereocenters. The van der Waals surface area contributed by atoms with Gasteiger partial charge in [-0.25, -0.2) is 14.4 Å². The molecule has 4 aromatic rings. The molecular weight excluding hydrogens is 477 g/mol. The van der Waals surface area contributed by atoms with E-state index in [9.17, 15) is 9.50 Å². The largest absolute Gasteiger partial charge is 0.472 e. The molecule has 0 saturated heterocycles. The van der Waals surface area contributed by atoms with Crippen LogP contribution in [0.25, 0.3) is 22.2 Å². The van der Waals surface area contributed by atoms with Gasteiger partial charge in [0.25, 0.3) is 5.88 Å². The predicted octanol–water partition coefficient (Wildman–Crippen LogP) is 3.49. The number of aryl methyl sites for hydroxylation is 1. The smallest absolute Gasteiger partial charge is 0.250 e. The van der Waals surface area contributed by atoms with Crippen molar-refractivity contribution in [3.8, 4) is 17.1 Å². The number of hydrogen-bond acceptors (Lipinski definition) is 8. The normalized spacial score (nSPS) is 18.7. The second kappa shape index (κ2) is 10.8. The van der Waals surface area contributed by atoms with Gasteiger partial charge >= 0.3 is 0 Å². The van der Waals surface area contributed by atoms with E-state index in [2.05, 4.69) is 25.1 Å². The summed E-state index contributed by atoms with van der Waals surface area (Å²) in [5.74, 6) is 0.449. The lowest BCUT2D eigenvalue weighted by Crippen LogP contribution is -2.27. The molecule has 0 bridgehead atoms. The monoisotopic (exact) mass is 509 g/mol. The first-order chi connectivity index (χ1) is 18.0. The summed E-state index contributed by atoms with van der Waals surface area (Å²) in [6.45, 7) is 4.35. The van der Waals surface area contributed by atoms with E-state index in [4.69, 9.17) is 14.9 Å². The number of anilines is 1. The number of nitrogens with one attached hydrogen (secondary N) is 1. The van der Waals surface area contributed by atoms with E-state index >= 15 is 0 Å². The third-order valence-electron chi connectivity index (χ3n) is 6.78. The Morgan fingerprint density at radius 2 is 2.03 bits per heavy atom. The molecule has 3 N–H and O–H groups in total. The molecule has 1 saturated carbocycles. The van der Waals surface area contributed by atoms with Crippen LogP contribution in [-0.2, 0) is 6.54 Å². The van der Waals surface area contributed by atoms with Crippen LogP contribution < -0.4 is 10.1 Å². The van der Waals surface area contributed by atoms with Gasteiger partial charge in [0.05, 0.1) is 37.0 Å². The van der Waals surface area contributed by atoms with Crippen LogP contribution in [-0.4, -0.2) is 65.1 Å². The number of fused-ring (bicyclic) bond motifs is 1. The van der Waals surface area contributed by atoms with Gasteiger partial charge in [-0.1, -0.05) is 0 Å². The second-order valence-electron chi connectivity index (χ2n) is 9.49. The number of pyridine rings is 2. The van der Waals surface area contributed by atoms with Crippen molar-refractivity contribution >= 4 is 16.7 Å². The van der Waals surface area contributed by atoms with Crippen LogP contribution in [0.2, 0.25) is 0 Å². The number of aliphatic hydroxyl groups is 2. The molecule has 0 amide bonds. The summed E-state index contributed by atoms with van der Waals surface area (Å²) in [4.78, 5) is 8.63. The van der Waals surface area contributed by atoms with Crippen molar-refractivity contribution in [1.82, 2.24) is 29.5 Å². The number of halogens is 1. The highest BCUT2D eigenvalue weighted by atomic mass is 19.1. The fraction of sp³-hybridized carbons (Fsp3) is 0.462. The van der Waals surface area contributed by atoms with E-state index in [1.165, 1.54) is 0 Å². The molecule has 1 fully saturated rings. The summed E-state index contributed by atoms with van der Waals surface area (Å²) in [5.41, 5.74) is 3.07. The Morgan fingerprint density at radius 1 is 1.22 bits per heavy atom. The van der Waals surface area contributed by atoms with Crippen molar-refractivity contribution in [3.63, 3.8) is 0 Å². The van der Waals surface area contributed by atoms with Gasteiger partial charge in [-0.2, -0.15) is 10.2 Å². The van der Waals surface area contributed by atoms with Gasteiger partial charge in [-0.3, -0.25) is 9.36 Å². The molecule has 4 heterocycles. The van der Waals surface area contributed by atoms with Crippen LogP contribution in [0.1, 0.15) is 44.2 Å². The van der Waals surface area contributed by atoms with Crippen molar-refractivity contribution in [2.24, 2.45) is 0 Å². The zero-order valence-electron chi connectivity index (χ0n) is 21.0. The number of hydrogen-bond donors (Lipinski definition) is 3. The fourth-order valence-electron chi connectivity index (χ4n) is 4.82. The number of aliphatic hydroxyl groups excluding tert-OH is 2. The van der Waals surface area contributed by atoms with Crippen molar-refractivity contribution in [2.75, 3.05) is 18.5 Å². The molecule has 0 aromatic carbocycles. The highest BCUT2D eigenvalue weighted by molar-refractivity contribution is 5.93. The number of rotatable bonds is 9. The Balaban J connectivity index is 1.40. The van der Waals surface area contributed by atoms with E-state index in [-0.39, 0.29) is 31.2 Å². The average molecular weight is 510 g/mol. The van der Waals surface area contributed by atoms with Gasteiger partial charge < -0.3 is 20.3 Å². The molecule has 1 aliphatic rings. The first kappa shape index (κ1) is 25.1. The van der Waals surface area contributed by atoms with Crippen LogP contribution in [0.5, 0.6) is 5.88 Å². The van der Waals surface area contributed by atoms with Crippen molar-refractivity contribution in [1.29, 1.82) is 0 Å².